The molecule has 1 aromatic heterocycles. The summed E-state index contributed by atoms with van der Waals surface area (Å²) in [5.41, 5.74) is 0.825. The molecule has 2 aromatic rings. The second kappa shape index (κ2) is 3.45. The van der Waals surface area contributed by atoms with Gasteiger partial charge in [0.1, 0.15) is 5.56 Å². The van der Waals surface area contributed by atoms with E-state index >= 15 is 0 Å². The maximum atomic E-state index is 12.1. The highest BCUT2D eigenvalue weighted by atomic mass is 16.4. The minimum atomic E-state index is -1.14. The molecule has 0 amide bonds. The van der Waals surface area contributed by atoms with E-state index < -0.39 is 5.97 Å². The van der Waals surface area contributed by atoms with E-state index in [1.54, 1.807) is 18.2 Å². The van der Waals surface area contributed by atoms with Crippen molar-refractivity contribution in [3.63, 3.8) is 0 Å². The van der Waals surface area contributed by atoms with Crippen molar-refractivity contribution in [2.45, 2.75) is 18.8 Å². The molecule has 1 aromatic carbocycles. The molecule has 0 unspecified atom stereocenters. The molecule has 86 valence electrons. The van der Waals surface area contributed by atoms with Crippen molar-refractivity contribution in [1.82, 2.24) is 4.98 Å². The Kier molecular flexibility index (Phi) is 2.04. The summed E-state index contributed by atoms with van der Waals surface area (Å²) in [7, 11) is 0. The first-order valence-electron chi connectivity index (χ1n) is 5.56. The second-order valence-corrected chi connectivity index (χ2v) is 4.37. The third-order valence-corrected chi connectivity index (χ3v) is 3.14. The molecule has 1 aliphatic carbocycles. The summed E-state index contributed by atoms with van der Waals surface area (Å²) < 4.78 is 0. The predicted molar refractivity (Wildman–Crippen MR) is 63.5 cm³/mol. The van der Waals surface area contributed by atoms with Crippen LogP contribution >= 0.6 is 0 Å². The van der Waals surface area contributed by atoms with Gasteiger partial charge in [-0.15, -0.1) is 0 Å². The number of nitrogens with one attached hydrogen (secondary N) is 1. The summed E-state index contributed by atoms with van der Waals surface area (Å²) in [4.78, 5) is 26.4. The number of hydrogen-bond acceptors (Lipinski definition) is 2. The number of carboxylic acids is 1. The lowest BCUT2D eigenvalue weighted by Gasteiger charge is -2.07. The molecule has 1 heterocycles. The van der Waals surface area contributed by atoms with Crippen LogP contribution in [0.5, 0.6) is 0 Å². The minimum Gasteiger partial charge on any atom is -0.477 e. The van der Waals surface area contributed by atoms with Crippen LogP contribution in [0.4, 0.5) is 0 Å². The highest BCUT2D eigenvalue weighted by Crippen LogP contribution is 2.40. The normalized spacial score (nSPS) is 15.1. The molecule has 0 aliphatic heterocycles. The van der Waals surface area contributed by atoms with E-state index in [4.69, 9.17) is 5.11 Å². The molecule has 0 spiro atoms. The Morgan fingerprint density at radius 1 is 1.29 bits per heavy atom. The van der Waals surface area contributed by atoms with Gasteiger partial charge in [-0.1, -0.05) is 12.1 Å². The van der Waals surface area contributed by atoms with Crippen molar-refractivity contribution in [3.05, 3.63) is 45.7 Å². The average Bonchev–Trinajstić information content (AvgIpc) is 3.12. The maximum Gasteiger partial charge on any atom is 0.341 e. The molecule has 3 rings (SSSR count). The van der Waals surface area contributed by atoms with Crippen molar-refractivity contribution in [1.29, 1.82) is 0 Å². The molecule has 1 fully saturated rings. The predicted octanol–water partition coefficient (Wildman–Crippen LogP) is 2.10. The first kappa shape index (κ1) is 10.1. The van der Waals surface area contributed by atoms with Gasteiger partial charge in [-0.05, 0) is 25.0 Å². The molecule has 1 aliphatic rings. The lowest BCUT2D eigenvalue weighted by atomic mass is 10.1. The zero-order chi connectivity index (χ0) is 12.0. The number of carboxylic acid groups (broad SMARTS) is 1. The second-order valence-electron chi connectivity index (χ2n) is 4.37. The molecule has 4 heteroatoms. The van der Waals surface area contributed by atoms with E-state index in [2.05, 4.69) is 4.98 Å². The third-order valence-electron chi connectivity index (χ3n) is 3.14. The van der Waals surface area contributed by atoms with Crippen LogP contribution in [0.2, 0.25) is 0 Å². The smallest absolute Gasteiger partial charge is 0.341 e. The number of benzene rings is 1. The summed E-state index contributed by atoms with van der Waals surface area (Å²) >= 11 is 0. The zero-order valence-corrected chi connectivity index (χ0v) is 9.06. The maximum absolute atomic E-state index is 12.1. The molecule has 0 saturated heterocycles. The fourth-order valence-electron chi connectivity index (χ4n) is 2.15. The Morgan fingerprint density at radius 3 is 2.65 bits per heavy atom. The number of carbonyl (C=O) groups is 1. The van der Waals surface area contributed by atoms with Crippen molar-refractivity contribution in [3.8, 4) is 0 Å². The molecule has 0 bridgehead atoms. The third kappa shape index (κ3) is 1.53. The monoisotopic (exact) mass is 229 g/mol. The van der Waals surface area contributed by atoms with E-state index in [1.165, 1.54) is 0 Å². The van der Waals surface area contributed by atoms with Gasteiger partial charge in [0, 0.05) is 22.5 Å². The number of aromatic carboxylic acids is 1. The number of aromatic nitrogens is 1. The van der Waals surface area contributed by atoms with Crippen LogP contribution in [0.15, 0.2) is 29.1 Å². The van der Waals surface area contributed by atoms with E-state index in [1.807, 2.05) is 6.07 Å². The van der Waals surface area contributed by atoms with Gasteiger partial charge in [0.05, 0.1) is 0 Å². The highest BCUT2D eigenvalue weighted by Gasteiger charge is 2.31. The first-order chi connectivity index (χ1) is 8.18. The van der Waals surface area contributed by atoms with Gasteiger partial charge in [-0.25, -0.2) is 4.79 Å². The Morgan fingerprint density at radius 2 is 2.00 bits per heavy atom. The summed E-state index contributed by atoms with van der Waals surface area (Å²) in [6.45, 7) is 0. The van der Waals surface area contributed by atoms with E-state index in [0.29, 0.717) is 16.6 Å². The van der Waals surface area contributed by atoms with Crippen LogP contribution in [0.25, 0.3) is 10.9 Å². The van der Waals surface area contributed by atoms with Crippen LogP contribution < -0.4 is 5.43 Å². The van der Waals surface area contributed by atoms with Gasteiger partial charge < -0.3 is 10.1 Å². The van der Waals surface area contributed by atoms with Crippen molar-refractivity contribution >= 4 is 16.9 Å². The van der Waals surface area contributed by atoms with Crippen LogP contribution in [0.3, 0.4) is 0 Å². The van der Waals surface area contributed by atoms with Crippen LogP contribution in [-0.4, -0.2) is 16.1 Å². The summed E-state index contributed by atoms with van der Waals surface area (Å²) in [6, 6.07) is 7.01. The van der Waals surface area contributed by atoms with Crippen LogP contribution in [-0.2, 0) is 0 Å². The van der Waals surface area contributed by atoms with Crippen molar-refractivity contribution in [2.75, 3.05) is 0 Å². The Labute approximate surface area is 96.9 Å². The van der Waals surface area contributed by atoms with E-state index in [9.17, 15) is 9.59 Å². The van der Waals surface area contributed by atoms with Crippen LogP contribution in [0.1, 0.15) is 34.8 Å². The SMILES string of the molecule is O=C(O)c1c(C2CC2)[nH]c2ccccc2c1=O. The van der Waals surface area contributed by atoms with Gasteiger partial charge in [-0.3, -0.25) is 4.79 Å². The fourth-order valence-corrected chi connectivity index (χ4v) is 2.15. The minimum absolute atomic E-state index is 0.0915. The first-order valence-corrected chi connectivity index (χ1v) is 5.56. The standard InChI is InChI=1S/C13H11NO3/c15-12-8-3-1-2-4-9(8)14-11(7-5-6-7)10(12)13(16)17/h1-4,7H,5-6H2,(H,14,15)(H,16,17). The topological polar surface area (TPSA) is 70.2 Å². The number of para-hydroxylation sites is 1. The van der Waals surface area contributed by atoms with Crippen molar-refractivity contribution < 1.29 is 9.90 Å². The summed E-state index contributed by atoms with van der Waals surface area (Å²) in [5, 5.41) is 9.60. The molecular formula is C13H11NO3. The Hall–Kier alpha value is -2.10. The molecule has 2 N–H and O–H groups in total. The lowest BCUT2D eigenvalue weighted by molar-refractivity contribution is 0.0694. The van der Waals surface area contributed by atoms with Crippen LogP contribution in [0, 0.1) is 0 Å². The van der Waals surface area contributed by atoms with Crippen molar-refractivity contribution in [2.24, 2.45) is 0 Å². The fraction of sp³-hybridized carbons (Fsp3) is 0.231. The van der Waals surface area contributed by atoms with Gasteiger partial charge in [0.2, 0.25) is 5.43 Å². The number of aromatic amines is 1. The Bertz CT molecular complexity index is 668. The number of fused-ring (bicyclic) bond motifs is 1. The molecule has 17 heavy (non-hydrogen) atoms. The lowest BCUT2D eigenvalue weighted by Crippen LogP contribution is -2.19. The summed E-state index contributed by atoms with van der Waals surface area (Å²) in [6.07, 6.45) is 1.91. The Balaban J connectivity index is 2.42. The van der Waals surface area contributed by atoms with Gasteiger partial charge in [-0.2, -0.15) is 0 Å². The largest absolute Gasteiger partial charge is 0.477 e. The number of H-pyrrole nitrogens is 1. The quantitative estimate of drug-likeness (QED) is 0.828. The number of rotatable bonds is 2. The molecular weight excluding hydrogens is 218 g/mol. The molecule has 0 atom stereocenters. The van der Waals surface area contributed by atoms with E-state index in [0.717, 1.165) is 12.8 Å². The highest BCUT2D eigenvalue weighted by molar-refractivity contribution is 5.94. The van der Waals surface area contributed by atoms with Gasteiger partial charge >= 0.3 is 5.97 Å². The van der Waals surface area contributed by atoms with Gasteiger partial charge in [0.15, 0.2) is 0 Å². The molecule has 4 nitrogen and oxygen atoms in total. The van der Waals surface area contributed by atoms with E-state index in [-0.39, 0.29) is 16.9 Å². The molecule has 1 saturated carbocycles. The number of pyridine rings is 1. The number of hydrogen-bond donors (Lipinski definition) is 2. The molecule has 0 radical (unpaired) electrons. The average molecular weight is 229 g/mol. The summed E-state index contributed by atoms with van der Waals surface area (Å²) in [5.74, 6) is -0.933. The zero-order valence-electron chi connectivity index (χ0n) is 9.06. The van der Waals surface area contributed by atoms with Gasteiger partial charge in [0.25, 0.3) is 0 Å².